The van der Waals surface area contributed by atoms with Gasteiger partial charge >= 0.3 is 0 Å². The predicted octanol–water partition coefficient (Wildman–Crippen LogP) is 4.00. The van der Waals surface area contributed by atoms with Crippen LogP contribution >= 0.6 is 11.3 Å². The van der Waals surface area contributed by atoms with Crippen LogP contribution < -0.4 is 5.32 Å². The minimum absolute atomic E-state index is 0.613. The summed E-state index contributed by atoms with van der Waals surface area (Å²) in [5, 5.41) is 5.84. The van der Waals surface area contributed by atoms with E-state index in [4.69, 9.17) is 0 Å². The summed E-state index contributed by atoms with van der Waals surface area (Å²) in [5.74, 6) is 0.764. The quantitative estimate of drug-likeness (QED) is 0.837. The summed E-state index contributed by atoms with van der Waals surface area (Å²) < 4.78 is 0. The Morgan fingerprint density at radius 1 is 1.26 bits per heavy atom. The molecule has 0 saturated carbocycles. The molecule has 0 saturated heterocycles. The molecule has 2 unspecified atom stereocenters. The van der Waals surface area contributed by atoms with E-state index >= 15 is 0 Å². The normalized spacial score (nSPS) is 18.7. The van der Waals surface area contributed by atoms with Gasteiger partial charge in [-0.05, 0) is 54.3 Å². The molecule has 3 rings (SSSR count). The second-order valence-electron chi connectivity index (χ2n) is 5.37. The van der Waals surface area contributed by atoms with Crippen molar-refractivity contribution in [2.24, 2.45) is 0 Å². The number of fused-ring (bicyclic) bond motifs is 1. The van der Waals surface area contributed by atoms with Crippen LogP contribution in [0, 0.1) is 0 Å². The van der Waals surface area contributed by atoms with Gasteiger partial charge < -0.3 is 5.32 Å². The smallest absolute Gasteiger partial charge is 0.0121 e. The van der Waals surface area contributed by atoms with Crippen molar-refractivity contribution >= 4 is 11.3 Å². The summed E-state index contributed by atoms with van der Waals surface area (Å²) in [6, 6.07) is 13.9. The van der Waals surface area contributed by atoms with Gasteiger partial charge in [0.25, 0.3) is 0 Å². The van der Waals surface area contributed by atoms with Crippen LogP contribution in [0.2, 0.25) is 0 Å². The fourth-order valence-electron chi connectivity index (χ4n) is 3.12. The number of hydrogen-bond donors (Lipinski definition) is 1. The molecule has 1 aliphatic carbocycles. The third-order valence-electron chi connectivity index (χ3n) is 4.05. The fraction of sp³-hybridized carbons (Fsp3) is 0.412. The van der Waals surface area contributed by atoms with E-state index in [2.05, 4.69) is 54.0 Å². The van der Waals surface area contributed by atoms with E-state index in [0.29, 0.717) is 6.04 Å². The Labute approximate surface area is 119 Å². The maximum atomic E-state index is 3.66. The molecular formula is C17H21NS. The molecule has 0 spiro atoms. The van der Waals surface area contributed by atoms with Crippen molar-refractivity contribution in [3.63, 3.8) is 0 Å². The van der Waals surface area contributed by atoms with E-state index in [-0.39, 0.29) is 0 Å². The summed E-state index contributed by atoms with van der Waals surface area (Å²) in [6.07, 6.45) is 3.70. The van der Waals surface area contributed by atoms with Gasteiger partial charge in [0, 0.05) is 10.9 Å². The molecule has 0 fully saturated rings. The zero-order chi connectivity index (χ0) is 13.1. The first-order chi connectivity index (χ1) is 9.36. The van der Waals surface area contributed by atoms with Crippen LogP contribution in [0.4, 0.5) is 0 Å². The van der Waals surface area contributed by atoms with Crippen LogP contribution in [-0.2, 0) is 12.8 Å². The molecule has 100 valence electrons. The lowest BCUT2D eigenvalue weighted by Gasteiger charge is -2.33. The number of benzene rings is 1. The van der Waals surface area contributed by atoms with Gasteiger partial charge in [0.1, 0.15) is 0 Å². The third kappa shape index (κ3) is 2.90. The van der Waals surface area contributed by atoms with Gasteiger partial charge in [0.15, 0.2) is 0 Å². The van der Waals surface area contributed by atoms with E-state index in [9.17, 15) is 0 Å². The fourth-order valence-corrected chi connectivity index (χ4v) is 3.90. The topological polar surface area (TPSA) is 12.0 Å². The van der Waals surface area contributed by atoms with Crippen molar-refractivity contribution in [3.8, 4) is 0 Å². The average molecular weight is 271 g/mol. The van der Waals surface area contributed by atoms with Crippen molar-refractivity contribution in [1.29, 1.82) is 0 Å². The molecule has 1 heterocycles. The molecule has 1 aliphatic rings. The molecular weight excluding hydrogens is 250 g/mol. The van der Waals surface area contributed by atoms with Gasteiger partial charge in [-0.15, -0.1) is 11.3 Å². The Bertz CT molecular complexity index is 518. The Kier molecular flexibility index (Phi) is 4.00. The number of likely N-dealkylation sites (N-methyl/N-ethyl adjacent to an activating group) is 1. The average Bonchev–Trinajstić information content (AvgIpc) is 2.89. The van der Waals surface area contributed by atoms with Gasteiger partial charge in [-0.3, -0.25) is 0 Å². The lowest BCUT2D eigenvalue weighted by atomic mass is 9.74. The third-order valence-corrected chi connectivity index (χ3v) is 4.95. The van der Waals surface area contributed by atoms with Crippen molar-refractivity contribution in [2.45, 2.75) is 38.1 Å². The maximum absolute atomic E-state index is 3.66. The number of hydrogen-bond acceptors (Lipinski definition) is 2. The van der Waals surface area contributed by atoms with E-state index in [0.717, 1.165) is 12.5 Å². The highest BCUT2D eigenvalue weighted by atomic mass is 32.1. The highest BCUT2D eigenvalue weighted by Gasteiger charge is 2.27. The summed E-state index contributed by atoms with van der Waals surface area (Å²) in [6.45, 7) is 3.26. The Morgan fingerprint density at radius 2 is 2.16 bits per heavy atom. The first-order valence-electron chi connectivity index (χ1n) is 7.20. The van der Waals surface area contributed by atoms with Crippen LogP contribution in [0.5, 0.6) is 0 Å². The lowest BCUT2D eigenvalue weighted by molar-refractivity contribution is 0.424. The summed E-state index contributed by atoms with van der Waals surface area (Å²) in [7, 11) is 0. The minimum atomic E-state index is 0.613. The first-order valence-corrected chi connectivity index (χ1v) is 8.08. The van der Waals surface area contributed by atoms with Gasteiger partial charge in [0.2, 0.25) is 0 Å². The second-order valence-corrected chi connectivity index (χ2v) is 6.41. The molecule has 0 bridgehead atoms. The highest BCUT2D eigenvalue weighted by Crippen LogP contribution is 2.38. The molecule has 1 N–H and O–H groups in total. The number of nitrogens with one attached hydrogen (secondary N) is 1. The van der Waals surface area contributed by atoms with E-state index < -0.39 is 0 Å². The Morgan fingerprint density at radius 3 is 2.89 bits per heavy atom. The van der Waals surface area contributed by atoms with Gasteiger partial charge in [-0.25, -0.2) is 0 Å². The van der Waals surface area contributed by atoms with E-state index in [1.54, 1.807) is 11.1 Å². The molecule has 1 aromatic carbocycles. The molecule has 1 nitrogen and oxygen atoms in total. The van der Waals surface area contributed by atoms with Crippen LogP contribution in [-0.4, -0.2) is 12.6 Å². The van der Waals surface area contributed by atoms with Crippen molar-refractivity contribution in [2.75, 3.05) is 6.54 Å². The van der Waals surface area contributed by atoms with Gasteiger partial charge in [-0.1, -0.05) is 37.3 Å². The van der Waals surface area contributed by atoms with Gasteiger partial charge in [-0.2, -0.15) is 0 Å². The van der Waals surface area contributed by atoms with Crippen molar-refractivity contribution in [1.82, 2.24) is 5.32 Å². The molecule has 2 atom stereocenters. The molecule has 19 heavy (non-hydrogen) atoms. The van der Waals surface area contributed by atoms with Crippen molar-refractivity contribution < 1.29 is 0 Å². The summed E-state index contributed by atoms with van der Waals surface area (Å²) >= 11 is 1.88. The Balaban J connectivity index is 1.63. The van der Waals surface area contributed by atoms with Crippen LogP contribution in [0.3, 0.4) is 0 Å². The maximum Gasteiger partial charge on any atom is 0.0121 e. The summed E-state index contributed by atoms with van der Waals surface area (Å²) in [4.78, 5) is 1.50. The largest absolute Gasteiger partial charge is 0.314 e. The number of rotatable bonds is 6. The standard InChI is InChI=1S/C17H21NS/c1-2-18-15(12-16-7-5-9-19-16)11-14-10-13-6-3-4-8-17(13)14/h3-9,14-15,18H,2,10-12H2,1H3. The zero-order valence-corrected chi connectivity index (χ0v) is 12.2. The monoisotopic (exact) mass is 271 g/mol. The molecule has 2 heteroatoms. The van der Waals surface area contributed by atoms with Gasteiger partial charge in [0.05, 0.1) is 0 Å². The lowest BCUT2D eigenvalue weighted by Crippen LogP contribution is -2.34. The minimum Gasteiger partial charge on any atom is -0.314 e. The molecule has 1 aromatic heterocycles. The second kappa shape index (κ2) is 5.89. The van der Waals surface area contributed by atoms with E-state index in [1.165, 1.54) is 24.1 Å². The Hall–Kier alpha value is -1.12. The highest BCUT2D eigenvalue weighted by molar-refractivity contribution is 7.09. The van der Waals surface area contributed by atoms with Crippen LogP contribution in [0.1, 0.15) is 35.3 Å². The van der Waals surface area contributed by atoms with Crippen LogP contribution in [0.25, 0.3) is 0 Å². The summed E-state index contributed by atoms with van der Waals surface area (Å²) in [5.41, 5.74) is 3.13. The SMILES string of the molecule is CCNC(Cc1cccs1)CC1Cc2ccccc21. The number of thiophene rings is 1. The zero-order valence-electron chi connectivity index (χ0n) is 11.4. The molecule has 0 amide bonds. The predicted molar refractivity (Wildman–Crippen MR) is 83.0 cm³/mol. The molecule has 0 radical (unpaired) electrons. The van der Waals surface area contributed by atoms with Crippen LogP contribution in [0.15, 0.2) is 41.8 Å². The van der Waals surface area contributed by atoms with Crippen molar-refractivity contribution in [3.05, 3.63) is 57.8 Å². The molecule has 2 aromatic rings. The van der Waals surface area contributed by atoms with E-state index in [1.807, 2.05) is 11.3 Å². The molecule has 0 aliphatic heterocycles. The first kappa shape index (κ1) is 12.9.